The number of anilines is 1. The van der Waals surface area contributed by atoms with Gasteiger partial charge in [-0.2, -0.15) is 4.98 Å². The van der Waals surface area contributed by atoms with E-state index in [1.807, 2.05) is 16.5 Å². The van der Waals surface area contributed by atoms with Crippen LogP contribution < -0.4 is 5.32 Å². The number of benzene rings is 1. The zero-order valence-electron chi connectivity index (χ0n) is 14.8. The third kappa shape index (κ3) is 3.31. The summed E-state index contributed by atoms with van der Waals surface area (Å²) in [4.78, 5) is 5.87. The van der Waals surface area contributed by atoms with Crippen LogP contribution in [0.25, 0.3) is 5.65 Å². The molecule has 2 aromatic heterocycles. The van der Waals surface area contributed by atoms with Gasteiger partial charge in [0, 0.05) is 30.2 Å². The first-order valence-electron chi connectivity index (χ1n) is 9.46. The number of nitrogens with zero attached hydrogens (tertiary/aromatic N) is 4. The van der Waals surface area contributed by atoms with Crippen molar-refractivity contribution in [2.45, 2.75) is 43.0 Å². The quantitative estimate of drug-likeness (QED) is 0.713. The Hall–Kier alpha value is -2.05. The largest absolute Gasteiger partial charge is 0.350 e. The van der Waals surface area contributed by atoms with Crippen LogP contribution in [0, 0.1) is 0 Å². The molecule has 5 rings (SSSR count). The number of pyridine rings is 1. The van der Waals surface area contributed by atoms with Crippen LogP contribution >= 0.6 is 11.9 Å². The molecule has 1 aliphatic carbocycles. The van der Waals surface area contributed by atoms with Gasteiger partial charge < -0.3 is 5.32 Å². The number of hydrogen-bond acceptors (Lipinski definition) is 5. The number of nitrogens with one attached hydrogen (secondary N) is 1. The summed E-state index contributed by atoms with van der Waals surface area (Å²) >= 11 is 1.84. The molecule has 0 radical (unpaired) electrons. The predicted molar refractivity (Wildman–Crippen MR) is 106 cm³/mol. The van der Waals surface area contributed by atoms with Crippen LogP contribution in [0.4, 0.5) is 5.95 Å². The maximum atomic E-state index is 4.66. The van der Waals surface area contributed by atoms with Crippen molar-refractivity contribution in [3.63, 3.8) is 0 Å². The Kier molecular flexibility index (Phi) is 4.30. The molecule has 0 bridgehead atoms. The lowest BCUT2D eigenvalue weighted by molar-refractivity contribution is 0.380. The van der Waals surface area contributed by atoms with Crippen LogP contribution in [0.15, 0.2) is 47.5 Å². The first-order valence-corrected chi connectivity index (χ1v) is 10.2. The molecule has 1 fully saturated rings. The summed E-state index contributed by atoms with van der Waals surface area (Å²) in [7, 11) is 0. The standard InChI is InChI=1S/C20H23N5S/c1-4-10-24(11-5-1)26-18-8-9-19-22-20(23-25(19)14-18)21-17-12-15-6-2-3-7-16(15)13-17/h2-3,6-9,14,17H,1,4-5,10-13H2,(H,21,23). The second-order valence-corrected chi connectivity index (χ2v) is 8.37. The molecule has 1 aliphatic heterocycles. The van der Waals surface area contributed by atoms with E-state index >= 15 is 0 Å². The molecule has 0 saturated carbocycles. The lowest BCUT2D eigenvalue weighted by atomic mass is 10.1. The van der Waals surface area contributed by atoms with E-state index in [9.17, 15) is 0 Å². The normalized spacial score (nSPS) is 18.3. The number of piperidine rings is 1. The van der Waals surface area contributed by atoms with Crippen molar-refractivity contribution in [1.29, 1.82) is 0 Å². The fourth-order valence-corrected chi connectivity index (χ4v) is 4.94. The molecule has 0 atom stereocenters. The van der Waals surface area contributed by atoms with Crippen molar-refractivity contribution in [2.24, 2.45) is 0 Å². The van der Waals surface area contributed by atoms with Crippen LogP contribution in [-0.2, 0) is 12.8 Å². The highest BCUT2D eigenvalue weighted by molar-refractivity contribution is 7.97. The number of rotatable bonds is 4. The molecule has 134 valence electrons. The monoisotopic (exact) mass is 365 g/mol. The highest BCUT2D eigenvalue weighted by Gasteiger charge is 2.22. The van der Waals surface area contributed by atoms with Gasteiger partial charge in [-0.25, -0.2) is 8.82 Å². The van der Waals surface area contributed by atoms with Crippen molar-refractivity contribution in [2.75, 3.05) is 18.4 Å². The fraction of sp³-hybridized carbons (Fsp3) is 0.400. The molecule has 1 N–H and O–H groups in total. The van der Waals surface area contributed by atoms with E-state index in [2.05, 4.69) is 62.3 Å². The maximum absolute atomic E-state index is 4.66. The van der Waals surface area contributed by atoms with Crippen LogP contribution in [0.2, 0.25) is 0 Å². The van der Waals surface area contributed by atoms with Gasteiger partial charge in [-0.1, -0.05) is 30.7 Å². The Labute approximate surface area is 157 Å². The zero-order chi connectivity index (χ0) is 17.3. The van der Waals surface area contributed by atoms with E-state index in [1.165, 1.54) is 48.4 Å². The zero-order valence-corrected chi connectivity index (χ0v) is 15.6. The molecule has 1 aromatic carbocycles. The summed E-state index contributed by atoms with van der Waals surface area (Å²) in [5.41, 5.74) is 3.77. The molecule has 2 aliphatic rings. The molecular weight excluding hydrogens is 342 g/mol. The number of hydrogen-bond donors (Lipinski definition) is 1. The van der Waals surface area contributed by atoms with Gasteiger partial charge in [0.05, 0.1) is 0 Å². The van der Waals surface area contributed by atoms with Gasteiger partial charge in [-0.15, -0.1) is 5.10 Å². The van der Waals surface area contributed by atoms with Crippen molar-refractivity contribution in [3.05, 3.63) is 53.7 Å². The third-order valence-corrected chi connectivity index (χ3v) is 6.31. The Morgan fingerprint density at radius 3 is 2.50 bits per heavy atom. The third-order valence-electron chi connectivity index (χ3n) is 5.24. The van der Waals surface area contributed by atoms with Crippen LogP contribution in [0.3, 0.4) is 0 Å². The van der Waals surface area contributed by atoms with Gasteiger partial charge in [-0.3, -0.25) is 0 Å². The van der Waals surface area contributed by atoms with Gasteiger partial charge in [0.25, 0.3) is 0 Å². The Bertz CT molecular complexity index is 890. The number of fused-ring (bicyclic) bond motifs is 2. The van der Waals surface area contributed by atoms with Crippen LogP contribution in [0.1, 0.15) is 30.4 Å². The SMILES string of the molecule is c1ccc2c(c1)CC(Nc1nc3ccc(SN4CCCCC4)cn3n1)C2. The highest BCUT2D eigenvalue weighted by atomic mass is 32.2. The van der Waals surface area contributed by atoms with Crippen molar-refractivity contribution in [1.82, 2.24) is 18.9 Å². The summed E-state index contributed by atoms with van der Waals surface area (Å²) in [5, 5.41) is 8.17. The Morgan fingerprint density at radius 2 is 1.73 bits per heavy atom. The van der Waals surface area contributed by atoms with Gasteiger partial charge in [0.1, 0.15) is 0 Å². The van der Waals surface area contributed by atoms with Gasteiger partial charge >= 0.3 is 0 Å². The Balaban J connectivity index is 1.29. The lowest BCUT2D eigenvalue weighted by Crippen LogP contribution is -2.22. The molecule has 3 aromatic rings. The van der Waals surface area contributed by atoms with Gasteiger partial charge in [0.2, 0.25) is 5.95 Å². The van der Waals surface area contributed by atoms with Crippen molar-refractivity contribution < 1.29 is 0 Å². The van der Waals surface area contributed by atoms with Crippen LogP contribution in [-0.4, -0.2) is 38.0 Å². The molecule has 3 heterocycles. The summed E-state index contributed by atoms with van der Waals surface area (Å²) in [6, 6.07) is 13.3. The molecule has 6 heteroatoms. The van der Waals surface area contributed by atoms with Crippen LogP contribution in [0.5, 0.6) is 0 Å². The topological polar surface area (TPSA) is 45.5 Å². The Morgan fingerprint density at radius 1 is 0.962 bits per heavy atom. The predicted octanol–water partition coefficient (Wildman–Crippen LogP) is 3.80. The minimum absolute atomic E-state index is 0.381. The lowest BCUT2D eigenvalue weighted by Gasteiger charge is -2.24. The summed E-state index contributed by atoms with van der Waals surface area (Å²) in [5.74, 6) is 0.725. The molecule has 0 spiro atoms. The summed E-state index contributed by atoms with van der Waals surface area (Å²) in [6.45, 7) is 2.35. The van der Waals surface area contributed by atoms with E-state index in [0.717, 1.165) is 24.4 Å². The minimum Gasteiger partial charge on any atom is -0.350 e. The van der Waals surface area contributed by atoms with E-state index in [1.54, 1.807) is 0 Å². The first-order chi connectivity index (χ1) is 12.8. The molecule has 0 amide bonds. The van der Waals surface area contributed by atoms with Crippen molar-refractivity contribution in [3.8, 4) is 0 Å². The van der Waals surface area contributed by atoms with E-state index in [-0.39, 0.29) is 0 Å². The minimum atomic E-state index is 0.381. The smallest absolute Gasteiger partial charge is 0.243 e. The van der Waals surface area contributed by atoms with Crippen molar-refractivity contribution >= 4 is 23.5 Å². The van der Waals surface area contributed by atoms with E-state index in [4.69, 9.17) is 0 Å². The van der Waals surface area contributed by atoms with E-state index in [0.29, 0.717) is 6.04 Å². The summed E-state index contributed by atoms with van der Waals surface area (Å²) < 4.78 is 4.35. The van der Waals surface area contributed by atoms with Gasteiger partial charge in [0.15, 0.2) is 5.65 Å². The second kappa shape index (κ2) is 6.93. The molecule has 1 saturated heterocycles. The van der Waals surface area contributed by atoms with Gasteiger partial charge in [-0.05, 0) is 60.9 Å². The molecule has 26 heavy (non-hydrogen) atoms. The summed E-state index contributed by atoms with van der Waals surface area (Å²) in [6.07, 6.45) is 8.14. The average molecular weight is 366 g/mol. The van der Waals surface area contributed by atoms with E-state index < -0.39 is 0 Å². The second-order valence-electron chi connectivity index (χ2n) is 7.20. The molecule has 0 unspecified atom stereocenters. The maximum Gasteiger partial charge on any atom is 0.243 e. The average Bonchev–Trinajstić information content (AvgIpc) is 3.25. The fourth-order valence-electron chi connectivity index (χ4n) is 3.93. The molecular formula is C20H23N5S. The first kappa shape index (κ1) is 16.1. The molecule has 5 nitrogen and oxygen atoms in total. The highest BCUT2D eigenvalue weighted by Crippen LogP contribution is 2.27. The number of aromatic nitrogens is 3.